The van der Waals surface area contributed by atoms with E-state index in [0.29, 0.717) is 25.2 Å². The summed E-state index contributed by atoms with van der Waals surface area (Å²) in [6, 6.07) is 10.9. The number of pyridine rings is 1. The first-order valence-electron chi connectivity index (χ1n) is 8.20. The van der Waals surface area contributed by atoms with Gasteiger partial charge in [-0.2, -0.15) is 0 Å². The van der Waals surface area contributed by atoms with Crippen molar-refractivity contribution in [2.45, 2.75) is 13.0 Å². The topological polar surface area (TPSA) is 62.7 Å². The molecule has 130 valence electrons. The molecular weight excluding hydrogens is 318 g/mol. The fourth-order valence-electron chi connectivity index (χ4n) is 3.13. The Labute approximate surface area is 147 Å². The lowest BCUT2D eigenvalue weighted by molar-refractivity contribution is -0.133. The molecule has 25 heavy (non-hydrogen) atoms. The molecule has 1 unspecified atom stereocenters. The molecule has 0 spiro atoms. The van der Waals surface area contributed by atoms with Crippen LogP contribution in [0.3, 0.4) is 0 Å². The minimum Gasteiger partial charge on any atom is -0.497 e. The Morgan fingerprint density at radius 1 is 1.08 bits per heavy atom. The highest BCUT2D eigenvalue weighted by molar-refractivity contribution is 5.94. The molecule has 1 aromatic heterocycles. The smallest absolute Gasteiger partial charge is 0.254 e. The molecule has 1 aliphatic heterocycles. The van der Waals surface area contributed by atoms with Crippen molar-refractivity contribution in [3.8, 4) is 5.75 Å². The summed E-state index contributed by atoms with van der Waals surface area (Å²) in [4.78, 5) is 32.3. The van der Waals surface area contributed by atoms with Crippen LogP contribution in [0.5, 0.6) is 5.75 Å². The molecule has 0 bridgehead atoms. The number of hydrogen-bond donors (Lipinski definition) is 0. The van der Waals surface area contributed by atoms with Crippen molar-refractivity contribution in [2.24, 2.45) is 0 Å². The van der Waals surface area contributed by atoms with Gasteiger partial charge in [0.25, 0.3) is 5.91 Å². The molecule has 2 amide bonds. The van der Waals surface area contributed by atoms with Crippen LogP contribution in [0.1, 0.15) is 28.9 Å². The Hall–Kier alpha value is -2.89. The minimum atomic E-state index is -0.164. The largest absolute Gasteiger partial charge is 0.497 e. The first-order chi connectivity index (χ1) is 12.1. The lowest BCUT2D eigenvalue weighted by Gasteiger charge is -2.41. The summed E-state index contributed by atoms with van der Waals surface area (Å²) in [7, 11) is 1.62. The molecule has 6 heteroatoms. The number of rotatable bonds is 3. The van der Waals surface area contributed by atoms with Gasteiger partial charge >= 0.3 is 0 Å². The van der Waals surface area contributed by atoms with Crippen LogP contribution in [-0.2, 0) is 4.79 Å². The molecule has 1 aliphatic rings. The molecule has 1 aromatic carbocycles. The third-order valence-electron chi connectivity index (χ3n) is 4.50. The maximum absolute atomic E-state index is 12.7. The van der Waals surface area contributed by atoms with Crippen LogP contribution in [0.2, 0.25) is 0 Å². The van der Waals surface area contributed by atoms with Gasteiger partial charge in [-0.3, -0.25) is 14.6 Å². The van der Waals surface area contributed by atoms with Crippen LogP contribution >= 0.6 is 0 Å². The van der Waals surface area contributed by atoms with E-state index in [1.165, 1.54) is 0 Å². The van der Waals surface area contributed by atoms with Gasteiger partial charge in [-0.1, -0.05) is 12.1 Å². The third-order valence-corrected chi connectivity index (χ3v) is 4.50. The lowest BCUT2D eigenvalue weighted by atomic mass is 10.0. The maximum atomic E-state index is 12.7. The maximum Gasteiger partial charge on any atom is 0.254 e. The van der Waals surface area contributed by atoms with Gasteiger partial charge in [-0.05, 0) is 29.8 Å². The number of benzene rings is 1. The van der Waals surface area contributed by atoms with E-state index < -0.39 is 0 Å². The zero-order valence-electron chi connectivity index (χ0n) is 14.4. The summed E-state index contributed by atoms with van der Waals surface area (Å²) < 4.78 is 5.20. The van der Waals surface area contributed by atoms with Crippen LogP contribution < -0.4 is 4.74 Å². The summed E-state index contributed by atoms with van der Waals surface area (Å²) in [5.74, 6) is 0.736. The van der Waals surface area contributed by atoms with Gasteiger partial charge in [0, 0.05) is 44.5 Å². The SMILES string of the molecule is COc1ccc(C2CN(C(=O)c3ccncc3)CCN2C(C)=O)cc1. The van der Waals surface area contributed by atoms with Crippen molar-refractivity contribution >= 4 is 11.8 Å². The number of carbonyl (C=O) groups is 2. The van der Waals surface area contributed by atoms with Crippen LogP contribution in [-0.4, -0.2) is 53.3 Å². The van der Waals surface area contributed by atoms with E-state index in [4.69, 9.17) is 4.74 Å². The van der Waals surface area contributed by atoms with E-state index in [9.17, 15) is 9.59 Å². The number of aromatic nitrogens is 1. The molecule has 3 rings (SSSR count). The predicted octanol–water partition coefficient (Wildman–Crippen LogP) is 2.14. The van der Waals surface area contributed by atoms with Crippen LogP contribution in [0.4, 0.5) is 0 Å². The highest BCUT2D eigenvalue weighted by atomic mass is 16.5. The van der Waals surface area contributed by atoms with Crippen LogP contribution in [0, 0.1) is 0 Å². The fourth-order valence-corrected chi connectivity index (χ4v) is 3.13. The van der Waals surface area contributed by atoms with E-state index in [-0.39, 0.29) is 17.9 Å². The van der Waals surface area contributed by atoms with Crippen LogP contribution in [0.25, 0.3) is 0 Å². The number of methoxy groups -OCH3 is 1. The highest BCUT2D eigenvalue weighted by Gasteiger charge is 2.32. The number of piperazine rings is 1. The average molecular weight is 339 g/mol. The monoisotopic (exact) mass is 339 g/mol. The quantitative estimate of drug-likeness (QED) is 0.859. The number of hydrogen-bond acceptors (Lipinski definition) is 4. The Balaban J connectivity index is 1.84. The van der Waals surface area contributed by atoms with Gasteiger partial charge in [0.15, 0.2) is 0 Å². The van der Waals surface area contributed by atoms with Gasteiger partial charge < -0.3 is 14.5 Å². The summed E-state index contributed by atoms with van der Waals surface area (Å²) >= 11 is 0. The molecule has 1 fully saturated rings. The molecular formula is C19H21N3O3. The van der Waals surface area contributed by atoms with Crippen molar-refractivity contribution in [3.05, 3.63) is 59.9 Å². The van der Waals surface area contributed by atoms with Gasteiger partial charge in [-0.15, -0.1) is 0 Å². The van der Waals surface area contributed by atoms with E-state index >= 15 is 0 Å². The normalized spacial score (nSPS) is 17.3. The van der Waals surface area contributed by atoms with Gasteiger partial charge in [0.2, 0.25) is 5.91 Å². The second-order valence-corrected chi connectivity index (χ2v) is 5.99. The van der Waals surface area contributed by atoms with Gasteiger partial charge in [-0.25, -0.2) is 0 Å². The molecule has 1 saturated heterocycles. The van der Waals surface area contributed by atoms with Gasteiger partial charge in [0.1, 0.15) is 5.75 Å². The average Bonchev–Trinajstić information content (AvgIpc) is 2.67. The Morgan fingerprint density at radius 2 is 1.76 bits per heavy atom. The number of amides is 2. The fraction of sp³-hybridized carbons (Fsp3) is 0.316. The second-order valence-electron chi connectivity index (χ2n) is 5.99. The van der Waals surface area contributed by atoms with E-state index in [0.717, 1.165) is 11.3 Å². The van der Waals surface area contributed by atoms with Gasteiger partial charge in [0.05, 0.1) is 13.2 Å². The van der Waals surface area contributed by atoms with Crippen molar-refractivity contribution in [3.63, 3.8) is 0 Å². The number of nitrogens with zero attached hydrogens (tertiary/aromatic N) is 3. The Kier molecular flexibility index (Phi) is 4.97. The molecule has 2 aromatic rings. The molecule has 1 atom stereocenters. The second kappa shape index (κ2) is 7.34. The summed E-state index contributed by atoms with van der Waals surface area (Å²) in [6.07, 6.45) is 3.22. The van der Waals surface area contributed by atoms with E-state index in [2.05, 4.69) is 4.98 Å². The van der Waals surface area contributed by atoms with Crippen molar-refractivity contribution in [2.75, 3.05) is 26.7 Å². The first kappa shape index (κ1) is 17.0. The summed E-state index contributed by atoms with van der Waals surface area (Å²) in [6.45, 7) is 3.07. The zero-order valence-corrected chi connectivity index (χ0v) is 14.4. The minimum absolute atomic E-state index is 0.0110. The lowest BCUT2D eigenvalue weighted by Crippen LogP contribution is -2.51. The van der Waals surface area contributed by atoms with Crippen molar-refractivity contribution < 1.29 is 14.3 Å². The molecule has 0 radical (unpaired) electrons. The predicted molar refractivity (Wildman–Crippen MR) is 93.3 cm³/mol. The number of carbonyl (C=O) groups excluding carboxylic acids is 2. The Bertz CT molecular complexity index is 746. The standard InChI is InChI=1S/C19H21N3O3/c1-14(23)22-12-11-21(19(24)16-7-9-20-10-8-16)13-18(22)15-3-5-17(25-2)6-4-15/h3-10,18H,11-13H2,1-2H3. The zero-order chi connectivity index (χ0) is 17.8. The molecule has 0 saturated carbocycles. The molecule has 6 nitrogen and oxygen atoms in total. The van der Waals surface area contributed by atoms with Crippen molar-refractivity contribution in [1.29, 1.82) is 0 Å². The summed E-state index contributed by atoms with van der Waals surface area (Å²) in [5.41, 5.74) is 1.60. The highest BCUT2D eigenvalue weighted by Crippen LogP contribution is 2.28. The summed E-state index contributed by atoms with van der Waals surface area (Å²) in [5, 5.41) is 0. The Morgan fingerprint density at radius 3 is 2.36 bits per heavy atom. The van der Waals surface area contributed by atoms with E-state index in [1.807, 2.05) is 29.2 Å². The first-order valence-corrected chi connectivity index (χ1v) is 8.20. The number of ether oxygens (including phenoxy) is 1. The molecule has 2 heterocycles. The van der Waals surface area contributed by atoms with Crippen LogP contribution in [0.15, 0.2) is 48.8 Å². The molecule has 0 aliphatic carbocycles. The van der Waals surface area contributed by atoms with Crippen molar-refractivity contribution in [1.82, 2.24) is 14.8 Å². The van der Waals surface area contributed by atoms with E-state index in [1.54, 1.807) is 43.5 Å². The third kappa shape index (κ3) is 3.63. The molecule has 0 N–H and O–H groups in total.